The molecule has 4 rings (SSSR count). The number of carbonyl (C=O) groups excluding carboxylic acids is 1. The number of benzene rings is 3. The maximum atomic E-state index is 13.4. The van der Waals surface area contributed by atoms with Gasteiger partial charge in [-0.05, 0) is 24.6 Å². The van der Waals surface area contributed by atoms with Gasteiger partial charge >= 0.3 is 5.97 Å². The van der Waals surface area contributed by atoms with Crippen LogP contribution in [0.1, 0.15) is 15.4 Å². The van der Waals surface area contributed by atoms with E-state index in [0.717, 1.165) is 21.6 Å². The molecule has 0 saturated carbocycles. The van der Waals surface area contributed by atoms with Crippen molar-refractivity contribution in [3.63, 3.8) is 0 Å². The Morgan fingerprint density at radius 1 is 0.871 bits per heavy atom. The molecule has 4 aromatic rings. The van der Waals surface area contributed by atoms with Crippen LogP contribution in [0.3, 0.4) is 0 Å². The largest absolute Gasteiger partial charge is 0.480 e. The molecule has 1 heterocycles. The molecule has 31 heavy (non-hydrogen) atoms. The van der Waals surface area contributed by atoms with Gasteiger partial charge in [-0.2, -0.15) is 0 Å². The van der Waals surface area contributed by atoms with Gasteiger partial charge < -0.3 is 5.11 Å². The molecule has 0 spiro atoms. The standard InChI is InChI=1S/C25H20N2O3S/c1-17-12-14-20(15-13-17)27(16-21(28)29)25(30)24-26-22(18-8-4-2-5-9-18)23(31-24)19-10-6-3-7-11-19/h2-15H,16H2,1H3,(H,28,29). The van der Waals surface area contributed by atoms with Crippen molar-refractivity contribution in [3.05, 3.63) is 95.5 Å². The van der Waals surface area contributed by atoms with Crippen LogP contribution in [-0.4, -0.2) is 28.5 Å². The highest BCUT2D eigenvalue weighted by molar-refractivity contribution is 7.17. The molecule has 0 aliphatic carbocycles. The molecule has 0 saturated heterocycles. The zero-order valence-electron chi connectivity index (χ0n) is 16.9. The highest BCUT2D eigenvalue weighted by atomic mass is 32.1. The molecular weight excluding hydrogens is 408 g/mol. The summed E-state index contributed by atoms with van der Waals surface area (Å²) in [6.45, 7) is 1.50. The van der Waals surface area contributed by atoms with Crippen LogP contribution < -0.4 is 4.90 Å². The van der Waals surface area contributed by atoms with Crippen LogP contribution in [0.25, 0.3) is 21.7 Å². The van der Waals surface area contributed by atoms with E-state index in [2.05, 4.69) is 4.98 Å². The van der Waals surface area contributed by atoms with Crippen molar-refractivity contribution >= 4 is 28.9 Å². The number of carboxylic acids is 1. The Morgan fingerprint density at radius 2 is 1.45 bits per heavy atom. The predicted octanol–water partition coefficient (Wildman–Crippen LogP) is 5.52. The second-order valence-corrected chi connectivity index (χ2v) is 8.05. The average molecular weight is 429 g/mol. The lowest BCUT2D eigenvalue weighted by atomic mass is 10.1. The molecule has 1 amide bonds. The van der Waals surface area contributed by atoms with Crippen LogP contribution in [0.4, 0.5) is 5.69 Å². The van der Waals surface area contributed by atoms with E-state index < -0.39 is 18.4 Å². The molecule has 0 atom stereocenters. The number of aryl methyl sites for hydroxylation is 1. The Hall–Kier alpha value is -3.77. The molecule has 1 N–H and O–H groups in total. The van der Waals surface area contributed by atoms with Gasteiger partial charge in [0, 0.05) is 11.3 Å². The summed E-state index contributed by atoms with van der Waals surface area (Å²) in [6, 6.07) is 26.6. The maximum absolute atomic E-state index is 13.4. The molecule has 0 unspecified atom stereocenters. The van der Waals surface area contributed by atoms with E-state index >= 15 is 0 Å². The van der Waals surface area contributed by atoms with Gasteiger partial charge in [0.2, 0.25) is 0 Å². The predicted molar refractivity (Wildman–Crippen MR) is 123 cm³/mol. The lowest BCUT2D eigenvalue weighted by Gasteiger charge is -2.19. The topological polar surface area (TPSA) is 70.5 Å². The summed E-state index contributed by atoms with van der Waals surface area (Å²) in [7, 11) is 0. The number of aromatic nitrogens is 1. The summed E-state index contributed by atoms with van der Waals surface area (Å²) in [5.74, 6) is -1.52. The van der Waals surface area contributed by atoms with E-state index in [1.54, 1.807) is 12.1 Å². The minimum Gasteiger partial charge on any atom is -0.480 e. The van der Waals surface area contributed by atoms with E-state index in [-0.39, 0.29) is 5.01 Å². The van der Waals surface area contributed by atoms with Crippen molar-refractivity contribution in [2.45, 2.75) is 6.92 Å². The first-order valence-corrected chi connectivity index (χ1v) is 10.6. The number of hydrogen-bond donors (Lipinski definition) is 1. The molecule has 0 fully saturated rings. The fourth-order valence-electron chi connectivity index (χ4n) is 3.24. The van der Waals surface area contributed by atoms with E-state index in [1.807, 2.05) is 79.7 Å². The highest BCUT2D eigenvalue weighted by Crippen LogP contribution is 2.37. The molecule has 0 bridgehead atoms. The fraction of sp³-hybridized carbons (Fsp3) is 0.0800. The number of amides is 1. The third kappa shape index (κ3) is 4.54. The smallest absolute Gasteiger partial charge is 0.323 e. The molecular formula is C25H20N2O3S. The minimum atomic E-state index is -1.09. The highest BCUT2D eigenvalue weighted by Gasteiger charge is 2.26. The van der Waals surface area contributed by atoms with Gasteiger partial charge in [-0.25, -0.2) is 4.98 Å². The summed E-state index contributed by atoms with van der Waals surface area (Å²) in [6.07, 6.45) is 0. The van der Waals surface area contributed by atoms with E-state index in [0.29, 0.717) is 11.4 Å². The third-order valence-corrected chi connectivity index (χ3v) is 5.87. The van der Waals surface area contributed by atoms with Gasteiger partial charge in [0.05, 0.1) is 10.6 Å². The summed E-state index contributed by atoms with van der Waals surface area (Å²) >= 11 is 1.27. The fourth-order valence-corrected chi connectivity index (χ4v) is 4.29. The molecule has 5 nitrogen and oxygen atoms in total. The third-order valence-electron chi connectivity index (χ3n) is 4.78. The lowest BCUT2D eigenvalue weighted by molar-refractivity contribution is -0.135. The van der Waals surface area contributed by atoms with E-state index in [1.165, 1.54) is 16.2 Å². The first kappa shape index (κ1) is 20.5. The second-order valence-electron chi connectivity index (χ2n) is 7.05. The van der Waals surface area contributed by atoms with Crippen LogP contribution >= 0.6 is 11.3 Å². The Balaban J connectivity index is 1.80. The van der Waals surface area contributed by atoms with E-state index in [9.17, 15) is 14.7 Å². The van der Waals surface area contributed by atoms with Crippen molar-refractivity contribution in [3.8, 4) is 21.7 Å². The van der Waals surface area contributed by atoms with Gasteiger partial charge in [0.1, 0.15) is 6.54 Å². The van der Waals surface area contributed by atoms with Crippen LogP contribution in [0.5, 0.6) is 0 Å². The summed E-state index contributed by atoms with van der Waals surface area (Å²) in [5.41, 5.74) is 4.11. The van der Waals surface area contributed by atoms with Crippen LogP contribution in [0, 0.1) is 6.92 Å². The normalized spacial score (nSPS) is 10.6. The van der Waals surface area contributed by atoms with Gasteiger partial charge in [-0.15, -0.1) is 11.3 Å². The first-order chi connectivity index (χ1) is 15.0. The van der Waals surface area contributed by atoms with Gasteiger partial charge in [0.25, 0.3) is 5.91 Å². The van der Waals surface area contributed by atoms with Gasteiger partial charge in [-0.1, -0.05) is 78.4 Å². The zero-order valence-corrected chi connectivity index (χ0v) is 17.7. The monoisotopic (exact) mass is 428 g/mol. The van der Waals surface area contributed by atoms with Crippen molar-refractivity contribution in [1.29, 1.82) is 0 Å². The Morgan fingerprint density at radius 3 is 2.03 bits per heavy atom. The second kappa shape index (κ2) is 8.93. The Labute approximate surface area is 184 Å². The summed E-state index contributed by atoms with van der Waals surface area (Å²) < 4.78 is 0. The maximum Gasteiger partial charge on any atom is 0.323 e. The Bertz CT molecular complexity index is 1150. The number of thiazole rings is 1. The van der Waals surface area contributed by atoms with Gasteiger partial charge in [-0.3, -0.25) is 14.5 Å². The van der Waals surface area contributed by atoms with Crippen molar-refractivity contribution in [1.82, 2.24) is 4.98 Å². The molecule has 154 valence electrons. The molecule has 3 aromatic carbocycles. The van der Waals surface area contributed by atoms with Crippen LogP contribution in [0.15, 0.2) is 84.9 Å². The molecule has 0 aliphatic heterocycles. The summed E-state index contributed by atoms with van der Waals surface area (Å²) in [5, 5.41) is 9.65. The number of nitrogens with zero attached hydrogens (tertiary/aromatic N) is 2. The molecule has 0 aliphatic rings. The van der Waals surface area contributed by atoms with Crippen molar-refractivity contribution in [2.24, 2.45) is 0 Å². The SMILES string of the molecule is Cc1ccc(N(CC(=O)O)C(=O)c2nc(-c3ccccc3)c(-c3ccccc3)s2)cc1. The number of rotatable bonds is 6. The van der Waals surface area contributed by atoms with Crippen LogP contribution in [-0.2, 0) is 4.79 Å². The van der Waals surface area contributed by atoms with Crippen molar-refractivity contribution < 1.29 is 14.7 Å². The molecule has 6 heteroatoms. The molecule has 0 radical (unpaired) electrons. The molecule has 1 aromatic heterocycles. The summed E-state index contributed by atoms with van der Waals surface area (Å²) in [4.78, 5) is 31.7. The van der Waals surface area contributed by atoms with Crippen molar-refractivity contribution in [2.75, 3.05) is 11.4 Å². The number of aliphatic carboxylic acids is 1. The minimum absolute atomic E-state index is 0.250. The lowest BCUT2D eigenvalue weighted by Crippen LogP contribution is -2.35. The Kier molecular flexibility index (Phi) is 5.91. The number of hydrogen-bond acceptors (Lipinski definition) is 4. The first-order valence-electron chi connectivity index (χ1n) is 9.75. The number of carboxylic acid groups (broad SMARTS) is 1. The number of carbonyl (C=O) groups is 2. The van der Waals surface area contributed by atoms with Crippen LogP contribution in [0.2, 0.25) is 0 Å². The van der Waals surface area contributed by atoms with Gasteiger partial charge in [0.15, 0.2) is 5.01 Å². The average Bonchev–Trinajstić information content (AvgIpc) is 3.24. The number of anilines is 1. The zero-order chi connectivity index (χ0) is 21.8. The van der Waals surface area contributed by atoms with E-state index in [4.69, 9.17) is 0 Å². The quantitative estimate of drug-likeness (QED) is 0.439.